The normalized spacial score (nSPS) is 12.3. The highest BCUT2D eigenvalue weighted by molar-refractivity contribution is 7.08. The molecule has 5 heteroatoms. The Balaban J connectivity index is 2.40. The van der Waals surface area contributed by atoms with Crippen LogP contribution in [0.5, 0.6) is 5.75 Å². The minimum atomic E-state index is -1.16. The summed E-state index contributed by atoms with van der Waals surface area (Å²) in [6.07, 6.45) is 0. The van der Waals surface area contributed by atoms with Gasteiger partial charge in [0.15, 0.2) is 0 Å². The summed E-state index contributed by atoms with van der Waals surface area (Å²) in [7, 11) is 0. The molecule has 4 nitrogen and oxygen atoms in total. The van der Waals surface area contributed by atoms with Crippen LogP contribution in [0.25, 0.3) is 0 Å². The molecule has 1 aromatic carbocycles. The lowest BCUT2D eigenvalue weighted by atomic mass is 10.00. The lowest BCUT2D eigenvalue weighted by Gasteiger charge is -2.11. The van der Waals surface area contributed by atoms with E-state index in [0.29, 0.717) is 5.56 Å². The number of thiophene rings is 1. The Morgan fingerprint density at radius 3 is 2.65 bits per heavy atom. The molecule has 0 bridgehead atoms. The molecule has 0 aliphatic rings. The molecule has 0 spiro atoms. The predicted octanol–water partition coefficient (Wildman–Crippen LogP) is 2.20. The fourth-order valence-electron chi connectivity index (χ4n) is 1.56. The van der Waals surface area contributed by atoms with Gasteiger partial charge in [-0.05, 0) is 40.1 Å². The highest BCUT2D eigenvalue weighted by atomic mass is 32.1. The topological polar surface area (TPSA) is 83.5 Å². The van der Waals surface area contributed by atoms with E-state index in [2.05, 4.69) is 0 Å². The number of phenols is 1. The SMILES string of the molecule is N[C@@H](c1ccsc1)c1ccc(O)c(C(=O)O)c1. The predicted molar refractivity (Wildman–Crippen MR) is 65.4 cm³/mol. The van der Waals surface area contributed by atoms with Crippen molar-refractivity contribution in [3.63, 3.8) is 0 Å². The van der Waals surface area contributed by atoms with Gasteiger partial charge in [-0.1, -0.05) is 6.07 Å². The van der Waals surface area contributed by atoms with Gasteiger partial charge in [0, 0.05) is 0 Å². The minimum Gasteiger partial charge on any atom is -0.507 e. The van der Waals surface area contributed by atoms with E-state index >= 15 is 0 Å². The third kappa shape index (κ3) is 2.30. The standard InChI is InChI=1S/C12H11NO3S/c13-11(8-3-4-17-6-8)7-1-2-10(14)9(5-7)12(15)16/h1-6,11,14H,13H2,(H,15,16)/t11-/m1/s1. The van der Waals surface area contributed by atoms with E-state index in [1.807, 2.05) is 16.8 Å². The van der Waals surface area contributed by atoms with Crippen LogP contribution in [-0.4, -0.2) is 16.2 Å². The van der Waals surface area contributed by atoms with Crippen molar-refractivity contribution in [2.24, 2.45) is 5.73 Å². The summed E-state index contributed by atoms with van der Waals surface area (Å²) in [5, 5.41) is 22.1. The maximum atomic E-state index is 10.9. The molecular formula is C12H11NO3S. The molecule has 0 saturated heterocycles. The monoisotopic (exact) mass is 249 g/mol. The Hall–Kier alpha value is -1.85. The van der Waals surface area contributed by atoms with Crippen LogP contribution in [0.2, 0.25) is 0 Å². The molecule has 0 aliphatic carbocycles. The van der Waals surface area contributed by atoms with Crippen molar-refractivity contribution in [2.45, 2.75) is 6.04 Å². The third-order valence-corrected chi connectivity index (χ3v) is 3.21. The Morgan fingerprint density at radius 2 is 2.06 bits per heavy atom. The van der Waals surface area contributed by atoms with Gasteiger partial charge in [0.25, 0.3) is 0 Å². The lowest BCUT2D eigenvalue weighted by Crippen LogP contribution is -2.11. The third-order valence-electron chi connectivity index (χ3n) is 2.51. The summed E-state index contributed by atoms with van der Waals surface area (Å²) in [5.41, 5.74) is 7.47. The number of hydrogen-bond acceptors (Lipinski definition) is 4. The van der Waals surface area contributed by atoms with Crippen LogP contribution < -0.4 is 5.73 Å². The van der Waals surface area contributed by atoms with Crippen molar-refractivity contribution in [3.05, 3.63) is 51.7 Å². The van der Waals surface area contributed by atoms with Gasteiger partial charge in [0.1, 0.15) is 11.3 Å². The highest BCUT2D eigenvalue weighted by Crippen LogP contribution is 2.26. The zero-order valence-corrected chi connectivity index (χ0v) is 9.65. The van der Waals surface area contributed by atoms with Gasteiger partial charge in [0.05, 0.1) is 6.04 Å². The van der Waals surface area contributed by atoms with Gasteiger partial charge in [-0.3, -0.25) is 0 Å². The van der Waals surface area contributed by atoms with Gasteiger partial charge >= 0.3 is 5.97 Å². The Labute approximate surface area is 102 Å². The second-order valence-electron chi connectivity index (χ2n) is 3.62. The summed E-state index contributed by atoms with van der Waals surface area (Å²) >= 11 is 1.53. The number of nitrogens with two attached hydrogens (primary N) is 1. The zero-order valence-electron chi connectivity index (χ0n) is 8.83. The van der Waals surface area contributed by atoms with E-state index in [4.69, 9.17) is 10.8 Å². The highest BCUT2D eigenvalue weighted by Gasteiger charge is 2.15. The molecule has 1 heterocycles. The van der Waals surface area contributed by atoms with E-state index < -0.39 is 5.97 Å². The second kappa shape index (κ2) is 4.57. The number of carboxylic acids is 1. The lowest BCUT2D eigenvalue weighted by molar-refractivity contribution is 0.0693. The van der Waals surface area contributed by atoms with E-state index in [1.165, 1.54) is 23.5 Å². The second-order valence-corrected chi connectivity index (χ2v) is 4.40. The summed E-state index contributed by atoms with van der Waals surface area (Å²) in [5.74, 6) is -1.42. The molecule has 0 saturated carbocycles. The van der Waals surface area contributed by atoms with Crippen LogP contribution in [-0.2, 0) is 0 Å². The Bertz CT molecular complexity index is 537. The summed E-state index contributed by atoms with van der Waals surface area (Å²) < 4.78 is 0. The molecular weight excluding hydrogens is 238 g/mol. The first-order valence-corrected chi connectivity index (χ1v) is 5.87. The quantitative estimate of drug-likeness (QED) is 0.778. The van der Waals surface area contributed by atoms with Crippen LogP contribution in [0.4, 0.5) is 0 Å². The first kappa shape index (κ1) is 11.6. The van der Waals surface area contributed by atoms with Crippen LogP contribution in [0, 0.1) is 0 Å². The molecule has 0 fully saturated rings. The number of benzene rings is 1. The largest absolute Gasteiger partial charge is 0.507 e. The molecule has 0 aliphatic heterocycles. The molecule has 0 amide bonds. The van der Waals surface area contributed by atoms with E-state index in [-0.39, 0.29) is 17.4 Å². The fraction of sp³-hybridized carbons (Fsp3) is 0.0833. The van der Waals surface area contributed by atoms with E-state index in [1.54, 1.807) is 6.07 Å². The average molecular weight is 249 g/mol. The number of carbonyl (C=O) groups is 1. The van der Waals surface area contributed by atoms with Crippen LogP contribution in [0.1, 0.15) is 27.5 Å². The van der Waals surface area contributed by atoms with Crippen molar-refractivity contribution in [2.75, 3.05) is 0 Å². The first-order valence-electron chi connectivity index (χ1n) is 4.93. The van der Waals surface area contributed by atoms with E-state index in [0.717, 1.165) is 5.56 Å². The average Bonchev–Trinajstić information content (AvgIpc) is 2.81. The number of hydrogen-bond donors (Lipinski definition) is 3. The van der Waals surface area contributed by atoms with E-state index in [9.17, 15) is 9.90 Å². The minimum absolute atomic E-state index is 0.131. The molecule has 88 valence electrons. The van der Waals surface area contributed by atoms with Crippen molar-refractivity contribution >= 4 is 17.3 Å². The molecule has 1 aromatic heterocycles. The van der Waals surface area contributed by atoms with Crippen molar-refractivity contribution in [1.29, 1.82) is 0 Å². The number of aromatic hydroxyl groups is 1. The van der Waals surface area contributed by atoms with Gasteiger partial charge in [0.2, 0.25) is 0 Å². The Morgan fingerprint density at radius 1 is 1.29 bits per heavy atom. The smallest absolute Gasteiger partial charge is 0.339 e. The summed E-state index contributed by atoms with van der Waals surface area (Å²) in [6, 6.07) is 5.90. The molecule has 0 radical (unpaired) electrons. The van der Waals surface area contributed by atoms with Crippen LogP contribution in [0.3, 0.4) is 0 Å². The molecule has 0 unspecified atom stereocenters. The number of carboxylic acid groups (broad SMARTS) is 1. The molecule has 2 aromatic rings. The van der Waals surface area contributed by atoms with Crippen molar-refractivity contribution in [3.8, 4) is 5.75 Å². The molecule has 4 N–H and O–H groups in total. The molecule has 2 rings (SSSR count). The van der Waals surface area contributed by atoms with Crippen LogP contribution in [0.15, 0.2) is 35.0 Å². The molecule has 17 heavy (non-hydrogen) atoms. The zero-order chi connectivity index (χ0) is 12.4. The van der Waals surface area contributed by atoms with Crippen LogP contribution >= 0.6 is 11.3 Å². The maximum absolute atomic E-state index is 10.9. The van der Waals surface area contributed by atoms with Crippen molar-refractivity contribution in [1.82, 2.24) is 0 Å². The number of aromatic carboxylic acids is 1. The maximum Gasteiger partial charge on any atom is 0.339 e. The summed E-state index contributed by atoms with van der Waals surface area (Å²) in [6.45, 7) is 0. The molecule has 1 atom stereocenters. The van der Waals surface area contributed by atoms with Crippen molar-refractivity contribution < 1.29 is 15.0 Å². The van der Waals surface area contributed by atoms with Gasteiger partial charge in [-0.15, -0.1) is 0 Å². The first-order chi connectivity index (χ1) is 8.09. The van der Waals surface area contributed by atoms with Gasteiger partial charge in [-0.25, -0.2) is 4.79 Å². The van der Waals surface area contributed by atoms with Gasteiger partial charge in [-0.2, -0.15) is 11.3 Å². The van der Waals surface area contributed by atoms with Gasteiger partial charge < -0.3 is 15.9 Å². The summed E-state index contributed by atoms with van der Waals surface area (Å²) in [4.78, 5) is 10.9. The fourth-order valence-corrected chi connectivity index (χ4v) is 2.26. The Kier molecular flexibility index (Phi) is 3.12. The number of rotatable bonds is 3.